The topological polar surface area (TPSA) is 40.8 Å². The van der Waals surface area contributed by atoms with Gasteiger partial charge >= 0.3 is 0 Å². The lowest BCUT2D eigenvalue weighted by Gasteiger charge is -2.42. The second-order valence-corrected chi connectivity index (χ2v) is 8.83. The van der Waals surface area contributed by atoms with E-state index in [0.29, 0.717) is 6.04 Å². The van der Waals surface area contributed by atoms with Crippen molar-refractivity contribution in [2.75, 3.05) is 13.1 Å². The molecule has 1 saturated heterocycles. The number of piperidine rings is 1. The maximum atomic E-state index is 8.98. The molecule has 0 atom stereocenters. The van der Waals surface area contributed by atoms with Crippen LogP contribution < -0.4 is 0 Å². The van der Waals surface area contributed by atoms with Gasteiger partial charge in [-0.3, -0.25) is 0 Å². The number of oxime groups is 1. The Morgan fingerprint density at radius 1 is 1.00 bits per heavy atom. The highest BCUT2D eigenvalue weighted by molar-refractivity contribution is 5.99. The molecule has 2 aliphatic rings. The van der Waals surface area contributed by atoms with Crippen LogP contribution in [-0.4, -0.2) is 40.0 Å². The predicted octanol–water partition coefficient (Wildman–Crippen LogP) is 5.30. The fourth-order valence-electron chi connectivity index (χ4n) is 5.36. The first-order valence-electron chi connectivity index (χ1n) is 10.7. The fourth-order valence-corrected chi connectivity index (χ4v) is 5.36. The lowest BCUT2D eigenvalue weighted by molar-refractivity contribution is 0.0894. The minimum absolute atomic E-state index is 0.541. The van der Waals surface area contributed by atoms with Crippen LogP contribution in [0.3, 0.4) is 0 Å². The highest BCUT2D eigenvalue weighted by atomic mass is 16.4. The third-order valence-corrected chi connectivity index (χ3v) is 7.06. The first kappa shape index (κ1) is 18.5. The van der Waals surface area contributed by atoms with Crippen molar-refractivity contribution in [3.05, 3.63) is 36.0 Å². The van der Waals surface area contributed by atoms with Gasteiger partial charge in [0.05, 0.1) is 6.21 Å². The molecule has 0 unspecified atom stereocenters. The van der Waals surface area contributed by atoms with Gasteiger partial charge in [-0.25, -0.2) is 0 Å². The summed E-state index contributed by atoms with van der Waals surface area (Å²) in [5.74, 6) is 1.78. The van der Waals surface area contributed by atoms with Crippen LogP contribution in [0.1, 0.15) is 64.0 Å². The molecule has 0 radical (unpaired) electrons. The molecule has 2 heterocycles. The number of aromatic nitrogens is 1. The van der Waals surface area contributed by atoms with Crippen molar-refractivity contribution in [3.8, 4) is 0 Å². The largest absolute Gasteiger partial charge is 0.411 e. The molecule has 2 fully saturated rings. The van der Waals surface area contributed by atoms with Crippen molar-refractivity contribution in [3.63, 3.8) is 0 Å². The molecule has 0 amide bonds. The zero-order valence-corrected chi connectivity index (χ0v) is 16.7. The monoisotopic (exact) mass is 367 g/mol. The molecular formula is C23H33N3O. The molecule has 1 aliphatic heterocycles. The van der Waals surface area contributed by atoms with Crippen LogP contribution in [0.5, 0.6) is 0 Å². The highest BCUT2D eigenvalue weighted by Gasteiger charge is 2.30. The summed E-state index contributed by atoms with van der Waals surface area (Å²) in [4.78, 5) is 2.76. The normalized spacial score (nSPS) is 25.7. The Bertz CT molecular complexity index is 778. The van der Waals surface area contributed by atoms with E-state index in [2.05, 4.69) is 58.9 Å². The van der Waals surface area contributed by atoms with Crippen LogP contribution in [-0.2, 0) is 0 Å². The minimum atomic E-state index is 0.541. The van der Waals surface area contributed by atoms with Gasteiger partial charge in [0.1, 0.15) is 0 Å². The maximum Gasteiger partial charge on any atom is 0.0755 e. The third-order valence-electron chi connectivity index (χ3n) is 7.06. The Labute approximate surface area is 162 Å². The number of nitrogens with zero attached hydrogens (tertiary/aromatic N) is 3. The molecule has 27 heavy (non-hydrogen) atoms. The van der Waals surface area contributed by atoms with E-state index in [1.165, 1.54) is 62.5 Å². The second kappa shape index (κ2) is 8.05. The quantitative estimate of drug-likeness (QED) is 0.452. The molecule has 1 saturated carbocycles. The zero-order chi connectivity index (χ0) is 18.8. The van der Waals surface area contributed by atoms with Crippen molar-refractivity contribution in [2.45, 2.75) is 64.5 Å². The first-order valence-corrected chi connectivity index (χ1v) is 10.7. The summed E-state index contributed by atoms with van der Waals surface area (Å²) < 4.78 is 2.42. The number of hydrogen-bond donors (Lipinski definition) is 1. The number of rotatable bonds is 4. The number of likely N-dealkylation sites (tertiary alicyclic amines) is 1. The van der Waals surface area contributed by atoms with E-state index in [9.17, 15) is 0 Å². The Morgan fingerprint density at radius 2 is 1.70 bits per heavy atom. The Morgan fingerprint density at radius 3 is 2.37 bits per heavy atom. The van der Waals surface area contributed by atoms with Gasteiger partial charge in [-0.1, -0.05) is 37.2 Å². The molecule has 1 aromatic heterocycles. The summed E-state index contributed by atoms with van der Waals surface area (Å²) in [5, 5.41) is 13.4. The van der Waals surface area contributed by atoms with E-state index in [1.807, 2.05) is 0 Å². The van der Waals surface area contributed by atoms with Gasteiger partial charge in [0.25, 0.3) is 0 Å². The van der Waals surface area contributed by atoms with E-state index in [4.69, 9.17) is 5.21 Å². The summed E-state index contributed by atoms with van der Waals surface area (Å²) >= 11 is 0. The number of fused-ring (bicyclic) bond motifs is 1. The molecule has 4 nitrogen and oxygen atoms in total. The van der Waals surface area contributed by atoms with Crippen molar-refractivity contribution in [1.29, 1.82) is 0 Å². The summed E-state index contributed by atoms with van der Waals surface area (Å²) in [6.07, 6.45) is 11.7. The van der Waals surface area contributed by atoms with E-state index in [1.54, 1.807) is 6.21 Å². The number of benzene rings is 1. The zero-order valence-electron chi connectivity index (χ0n) is 16.7. The SMILES string of the molecule is CC(C)C1CCC(N2CCC(n3cc(/C=N\O)c4ccccc43)CC2)CC1. The fraction of sp³-hybridized carbons (Fsp3) is 0.609. The highest BCUT2D eigenvalue weighted by Crippen LogP contribution is 2.35. The van der Waals surface area contributed by atoms with Gasteiger partial charge < -0.3 is 14.7 Å². The van der Waals surface area contributed by atoms with Crippen LogP contribution in [0.25, 0.3) is 10.9 Å². The minimum Gasteiger partial charge on any atom is -0.411 e. The second-order valence-electron chi connectivity index (χ2n) is 8.83. The lowest BCUT2D eigenvalue weighted by atomic mass is 9.79. The molecule has 146 valence electrons. The van der Waals surface area contributed by atoms with Crippen molar-refractivity contribution in [1.82, 2.24) is 9.47 Å². The molecular weight excluding hydrogens is 334 g/mol. The molecule has 1 N–H and O–H groups in total. The van der Waals surface area contributed by atoms with E-state index >= 15 is 0 Å². The van der Waals surface area contributed by atoms with Crippen LogP contribution in [0, 0.1) is 11.8 Å². The van der Waals surface area contributed by atoms with Gasteiger partial charge in [-0.05, 0) is 56.4 Å². The summed E-state index contributed by atoms with van der Waals surface area (Å²) in [7, 11) is 0. The van der Waals surface area contributed by atoms with Gasteiger partial charge in [-0.2, -0.15) is 0 Å². The average Bonchev–Trinajstić information content (AvgIpc) is 3.07. The molecule has 1 aliphatic carbocycles. The molecule has 4 heteroatoms. The average molecular weight is 368 g/mol. The smallest absolute Gasteiger partial charge is 0.0755 e. The lowest BCUT2D eigenvalue weighted by Crippen LogP contribution is -2.43. The third kappa shape index (κ3) is 3.77. The maximum absolute atomic E-state index is 8.98. The van der Waals surface area contributed by atoms with E-state index in [0.717, 1.165) is 23.4 Å². The van der Waals surface area contributed by atoms with Crippen LogP contribution >= 0.6 is 0 Å². The van der Waals surface area contributed by atoms with E-state index < -0.39 is 0 Å². The van der Waals surface area contributed by atoms with Crippen molar-refractivity contribution < 1.29 is 5.21 Å². The molecule has 4 rings (SSSR count). The Balaban J connectivity index is 1.42. The summed E-state index contributed by atoms with van der Waals surface area (Å²) in [6, 6.07) is 9.80. The number of hydrogen-bond acceptors (Lipinski definition) is 3. The first-order chi connectivity index (χ1) is 13.2. The van der Waals surface area contributed by atoms with Crippen LogP contribution in [0.2, 0.25) is 0 Å². The van der Waals surface area contributed by atoms with Gasteiger partial charge in [0, 0.05) is 47.8 Å². The summed E-state index contributed by atoms with van der Waals surface area (Å²) in [6.45, 7) is 7.18. The molecule has 2 aromatic rings. The number of para-hydroxylation sites is 1. The standard InChI is InChI=1S/C23H33N3O/c1-17(2)18-7-9-20(10-8-18)25-13-11-21(12-14-25)26-16-19(15-24-27)22-5-3-4-6-23(22)26/h3-6,15-18,20-21,27H,7-14H2,1-2H3/b24-15-. The van der Waals surface area contributed by atoms with Gasteiger partial charge in [0.2, 0.25) is 0 Å². The van der Waals surface area contributed by atoms with Crippen molar-refractivity contribution in [2.24, 2.45) is 17.0 Å². The molecule has 0 bridgehead atoms. The van der Waals surface area contributed by atoms with Crippen molar-refractivity contribution >= 4 is 17.1 Å². The van der Waals surface area contributed by atoms with E-state index in [-0.39, 0.29) is 0 Å². The van der Waals surface area contributed by atoms with Gasteiger partial charge in [-0.15, -0.1) is 0 Å². The summed E-state index contributed by atoms with van der Waals surface area (Å²) in [5.41, 5.74) is 2.26. The van der Waals surface area contributed by atoms with Crippen LogP contribution in [0.4, 0.5) is 0 Å². The molecule has 0 spiro atoms. The van der Waals surface area contributed by atoms with Crippen LogP contribution in [0.15, 0.2) is 35.6 Å². The Kier molecular flexibility index (Phi) is 5.53. The predicted molar refractivity (Wildman–Crippen MR) is 112 cm³/mol. The molecule has 1 aromatic carbocycles. The van der Waals surface area contributed by atoms with Gasteiger partial charge in [0.15, 0.2) is 0 Å². The Hall–Kier alpha value is -1.81.